The number of hydrogen-bond acceptors (Lipinski definition) is 3. The van der Waals surface area contributed by atoms with Crippen molar-refractivity contribution in [2.45, 2.75) is 18.7 Å². The Morgan fingerprint density at radius 2 is 2.31 bits per heavy atom. The van der Waals surface area contributed by atoms with Gasteiger partial charge >= 0.3 is 0 Å². The van der Waals surface area contributed by atoms with Gasteiger partial charge in [0.1, 0.15) is 11.9 Å². The Bertz CT molecular complexity index is 440. The Morgan fingerprint density at radius 1 is 1.62 bits per heavy atom. The summed E-state index contributed by atoms with van der Waals surface area (Å²) in [4.78, 5) is 0. The average molecular weight is 240 g/mol. The summed E-state index contributed by atoms with van der Waals surface area (Å²) < 4.78 is 24.6. The molecular weight excluding hydrogens is 227 g/mol. The molecular formula is C11H13FN2OS. The van der Waals surface area contributed by atoms with E-state index in [0.717, 1.165) is 0 Å². The summed E-state index contributed by atoms with van der Waals surface area (Å²) in [5.74, 6) is 0.152. The van der Waals surface area contributed by atoms with Crippen molar-refractivity contribution in [3.8, 4) is 6.07 Å². The first kappa shape index (κ1) is 12.8. The molecule has 2 N–H and O–H groups in total. The topological polar surface area (TPSA) is 66.9 Å². The summed E-state index contributed by atoms with van der Waals surface area (Å²) in [6.45, 7) is 1.78. The summed E-state index contributed by atoms with van der Waals surface area (Å²) >= 11 is 0. The molecule has 5 heteroatoms. The minimum Gasteiger partial charge on any atom is -0.327 e. The number of nitrogens with zero attached hydrogens (tertiary/aromatic N) is 1. The molecule has 2 atom stereocenters. The number of benzene rings is 1. The number of rotatable bonds is 4. The molecule has 0 aliphatic rings. The van der Waals surface area contributed by atoms with Gasteiger partial charge in [-0.25, -0.2) is 4.39 Å². The Labute approximate surface area is 96.5 Å². The molecule has 0 radical (unpaired) electrons. The average Bonchev–Trinajstić information content (AvgIpc) is 2.19. The van der Waals surface area contributed by atoms with Gasteiger partial charge in [0, 0.05) is 28.3 Å². The minimum atomic E-state index is -1.07. The van der Waals surface area contributed by atoms with Gasteiger partial charge in [-0.3, -0.25) is 4.21 Å². The summed E-state index contributed by atoms with van der Waals surface area (Å²) in [6, 6.07) is 5.80. The Morgan fingerprint density at radius 3 is 2.88 bits per heavy atom. The fourth-order valence-electron chi connectivity index (χ4n) is 1.29. The van der Waals surface area contributed by atoms with E-state index in [2.05, 4.69) is 0 Å². The Balaban J connectivity index is 2.76. The molecule has 0 saturated heterocycles. The molecule has 86 valence electrons. The van der Waals surface area contributed by atoms with Crippen LogP contribution in [0.5, 0.6) is 0 Å². The molecule has 0 aliphatic carbocycles. The lowest BCUT2D eigenvalue weighted by Crippen LogP contribution is -2.23. The fraction of sp³-hybridized carbons (Fsp3) is 0.364. The molecule has 0 saturated carbocycles. The third-order valence-corrected chi connectivity index (χ3v) is 3.48. The maximum atomic E-state index is 13.0. The SMILES string of the molecule is CC(N)CS(=O)Cc1ccc(F)c(C#N)c1. The Kier molecular flexibility index (Phi) is 4.59. The third-order valence-electron chi connectivity index (χ3n) is 1.93. The highest BCUT2D eigenvalue weighted by atomic mass is 32.2. The molecule has 3 nitrogen and oxygen atoms in total. The van der Waals surface area contributed by atoms with E-state index in [9.17, 15) is 8.60 Å². The molecule has 0 amide bonds. The van der Waals surface area contributed by atoms with E-state index >= 15 is 0 Å². The van der Waals surface area contributed by atoms with E-state index in [-0.39, 0.29) is 11.6 Å². The van der Waals surface area contributed by atoms with Crippen molar-refractivity contribution >= 4 is 10.8 Å². The monoisotopic (exact) mass is 240 g/mol. The molecule has 0 aromatic heterocycles. The highest BCUT2D eigenvalue weighted by Gasteiger charge is 2.07. The van der Waals surface area contributed by atoms with Crippen molar-refractivity contribution in [3.05, 3.63) is 35.1 Å². The van der Waals surface area contributed by atoms with Crippen molar-refractivity contribution in [2.24, 2.45) is 5.73 Å². The number of nitrogens with two attached hydrogens (primary N) is 1. The second-order valence-electron chi connectivity index (χ2n) is 3.65. The molecule has 2 unspecified atom stereocenters. The normalized spacial score (nSPS) is 14.1. The highest BCUT2D eigenvalue weighted by Crippen LogP contribution is 2.11. The van der Waals surface area contributed by atoms with Crippen molar-refractivity contribution in [3.63, 3.8) is 0 Å². The Hall–Kier alpha value is -1.25. The van der Waals surface area contributed by atoms with Crippen LogP contribution in [0, 0.1) is 17.1 Å². The van der Waals surface area contributed by atoms with Crippen LogP contribution in [0.1, 0.15) is 18.1 Å². The van der Waals surface area contributed by atoms with Crippen LogP contribution < -0.4 is 5.73 Å². The predicted molar refractivity (Wildman–Crippen MR) is 61.5 cm³/mol. The largest absolute Gasteiger partial charge is 0.327 e. The molecule has 0 fully saturated rings. The zero-order valence-electron chi connectivity index (χ0n) is 8.94. The molecule has 0 aliphatic heterocycles. The lowest BCUT2D eigenvalue weighted by atomic mass is 10.1. The van der Waals surface area contributed by atoms with Gasteiger partial charge in [-0.2, -0.15) is 5.26 Å². The van der Waals surface area contributed by atoms with Crippen LogP contribution in [-0.4, -0.2) is 16.0 Å². The zero-order chi connectivity index (χ0) is 12.1. The predicted octanol–water partition coefficient (Wildman–Crippen LogP) is 1.29. The maximum Gasteiger partial charge on any atom is 0.140 e. The maximum absolute atomic E-state index is 13.0. The molecule has 1 aromatic rings. The summed E-state index contributed by atoms with van der Waals surface area (Å²) in [6.07, 6.45) is 0. The van der Waals surface area contributed by atoms with Gasteiger partial charge < -0.3 is 5.73 Å². The van der Waals surface area contributed by atoms with Crippen molar-refractivity contribution < 1.29 is 8.60 Å². The molecule has 1 aromatic carbocycles. The first-order chi connectivity index (χ1) is 7.52. The fourth-order valence-corrected chi connectivity index (χ4v) is 2.54. The van der Waals surface area contributed by atoms with E-state index in [4.69, 9.17) is 11.0 Å². The summed E-state index contributed by atoms with van der Waals surface area (Å²) in [7, 11) is -1.07. The number of hydrogen-bond donors (Lipinski definition) is 1. The van der Waals surface area contributed by atoms with Crippen LogP contribution >= 0.6 is 0 Å². The third kappa shape index (κ3) is 3.72. The van der Waals surface area contributed by atoms with Crippen molar-refractivity contribution in [1.82, 2.24) is 0 Å². The molecule has 0 spiro atoms. The van der Waals surface area contributed by atoms with E-state index < -0.39 is 16.6 Å². The molecule has 0 heterocycles. The van der Waals surface area contributed by atoms with E-state index in [0.29, 0.717) is 17.1 Å². The van der Waals surface area contributed by atoms with Gasteiger partial charge in [0.15, 0.2) is 0 Å². The number of nitriles is 1. The van der Waals surface area contributed by atoms with Crippen molar-refractivity contribution in [2.75, 3.05) is 5.75 Å². The summed E-state index contributed by atoms with van der Waals surface area (Å²) in [5.41, 5.74) is 6.20. The summed E-state index contributed by atoms with van der Waals surface area (Å²) in [5, 5.41) is 8.64. The second-order valence-corrected chi connectivity index (χ2v) is 5.16. The lowest BCUT2D eigenvalue weighted by molar-refractivity contribution is 0.623. The second kappa shape index (κ2) is 5.73. The smallest absolute Gasteiger partial charge is 0.140 e. The van der Waals surface area contributed by atoms with Crippen LogP contribution in [0.3, 0.4) is 0 Å². The first-order valence-corrected chi connectivity index (χ1v) is 6.31. The van der Waals surface area contributed by atoms with Gasteiger partial charge in [0.25, 0.3) is 0 Å². The van der Waals surface area contributed by atoms with Crippen LogP contribution in [0.15, 0.2) is 18.2 Å². The minimum absolute atomic E-state index is 0.0182. The standard InChI is InChI=1S/C11H13FN2OS/c1-8(14)6-16(15)7-9-2-3-11(12)10(4-9)5-13/h2-4,8H,6-7,14H2,1H3. The van der Waals surface area contributed by atoms with Gasteiger partial charge in [-0.05, 0) is 24.6 Å². The van der Waals surface area contributed by atoms with Gasteiger partial charge in [0.05, 0.1) is 5.56 Å². The lowest BCUT2D eigenvalue weighted by Gasteiger charge is -2.05. The van der Waals surface area contributed by atoms with Crippen LogP contribution in [-0.2, 0) is 16.6 Å². The molecule has 0 bridgehead atoms. The quantitative estimate of drug-likeness (QED) is 0.862. The van der Waals surface area contributed by atoms with E-state index in [1.807, 2.05) is 0 Å². The van der Waals surface area contributed by atoms with Crippen LogP contribution in [0.25, 0.3) is 0 Å². The first-order valence-electron chi connectivity index (χ1n) is 4.82. The molecule has 1 rings (SSSR count). The highest BCUT2D eigenvalue weighted by molar-refractivity contribution is 7.84. The van der Waals surface area contributed by atoms with Crippen LogP contribution in [0.4, 0.5) is 4.39 Å². The van der Waals surface area contributed by atoms with Gasteiger partial charge in [-0.15, -0.1) is 0 Å². The van der Waals surface area contributed by atoms with Gasteiger partial charge in [-0.1, -0.05) is 6.07 Å². The number of halogens is 1. The van der Waals surface area contributed by atoms with Crippen LogP contribution in [0.2, 0.25) is 0 Å². The van der Waals surface area contributed by atoms with E-state index in [1.165, 1.54) is 18.2 Å². The zero-order valence-corrected chi connectivity index (χ0v) is 9.76. The van der Waals surface area contributed by atoms with E-state index in [1.54, 1.807) is 13.0 Å². The van der Waals surface area contributed by atoms with Crippen molar-refractivity contribution in [1.29, 1.82) is 5.26 Å². The molecule has 16 heavy (non-hydrogen) atoms. The van der Waals surface area contributed by atoms with Gasteiger partial charge in [0.2, 0.25) is 0 Å².